The molecule has 2 atom stereocenters. The first-order valence-electron chi connectivity index (χ1n) is 10.8. The highest BCUT2D eigenvalue weighted by Gasteiger charge is 2.51. The molecule has 0 saturated heterocycles. The van der Waals surface area contributed by atoms with Gasteiger partial charge in [0, 0.05) is 25.6 Å². The fourth-order valence-corrected chi connectivity index (χ4v) is 4.49. The van der Waals surface area contributed by atoms with Gasteiger partial charge in [-0.05, 0) is 61.7 Å². The van der Waals surface area contributed by atoms with Gasteiger partial charge in [-0.15, -0.1) is 0 Å². The number of sulfone groups is 1. The van der Waals surface area contributed by atoms with Crippen molar-refractivity contribution in [1.82, 2.24) is 4.90 Å². The number of nitrogens with one attached hydrogen (secondary N) is 1. The summed E-state index contributed by atoms with van der Waals surface area (Å²) >= 11 is 0. The number of methoxy groups -OCH3 is 1. The second-order valence-electron chi connectivity index (χ2n) is 9.32. The van der Waals surface area contributed by atoms with E-state index in [0.717, 1.165) is 18.4 Å². The van der Waals surface area contributed by atoms with E-state index in [1.165, 1.54) is 56.2 Å². The lowest BCUT2D eigenvalue weighted by Crippen LogP contribution is -2.47. The first-order chi connectivity index (χ1) is 16.4. The molecule has 3 rings (SSSR count). The molecule has 2 aromatic rings. The van der Waals surface area contributed by atoms with E-state index in [9.17, 15) is 36.3 Å². The zero-order chi connectivity index (χ0) is 27.3. The van der Waals surface area contributed by atoms with Crippen LogP contribution in [0.1, 0.15) is 43.5 Å². The maximum Gasteiger partial charge on any atom is 0.421 e. The molecule has 8 nitrogen and oxygen atoms in total. The number of halogens is 3. The molecule has 2 unspecified atom stereocenters. The molecule has 0 bridgehead atoms. The lowest BCUT2D eigenvalue weighted by molar-refractivity contribution is -0.258. The van der Waals surface area contributed by atoms with E-state index in [1.54, 1.807) is 0 Å². The smallest absolute Gasteiger partial charge is 0.376 e. The molecule has 36 heavy (non-hydrogen) atoms. The van der Waals surface area contributed by atoms with Gasteiger partial charge in [0.25, 0.3) is 11.8 Å². The molecule has 0 aliphatic carbocycles. The summed E-state index contributed by atoms with van der Waals surface area (Å²) in [5.41, 5.74) is -3.75. The number of benzene rings is 2. The lowest BCUT2D eigenvalue weighted by Gasteiger charge is -2.32. The Morgan fingerprint density at radius 3 is 2.17 bits per heavy atom. The molecule has 196 valence electrons. The molecule has 1 aliphatic heterocycles. The predicted molar refractivity (Wildman–Crippen MR) is 125 cm³/mol. The molecule has 2 amide bonds. The average molecular weight is 529 g/mol. The van der Waals surface area contributed by atoms with Gasteiger partial charge in [0.15, 0.2) is 15.4 Å². The van der Waals surface area contributed by atoms with Crippen LogP contribution in [0.25, 0.3) is 0 Å². The number of amides is 2. The van der Waals surface area contributed by atoms with Crippen LogP contribution >= 0.6 is 0 Å². The Balaban J connectivity index is 1.96. The number of rotatable bonds is 6. The van der Waals surface area contributed by atoms with E-state index in [4.69, 9.17) is 4.74 Å². The fraction of sp³-hybridized carbons (Fsp3) is 0.417. The SMILES string of the molecule is COC(C)(C)C(=O)N1Cc2cc(S(C)(=O)=O)ccc2C1C(=O)Nc1ccc(C(C)(O)C(F)(F)F)cc1. The normalized spacial score (nSPS) is 17.9. The van der Waals surface area contributed by atoms with E-state index in [1.807, 2.05) is 0 Å². The van der Waals surface area contributed by atoms with Crippen molar-refractivity contribution in [1.29, 1.82) is 0 Å². The summed E-state index contributed by atoms with van der Waals surface area (Å²) in [6, 6.07) is 7.58. The Kier molecular flexibility index (Phi) is 7.03. The number of carbonyl (C=O) groups is 2. The molecular formula is C24H27F3N2O6S. The topological polar surface area (TPSA) is 113 Å². The minimum absolute atomic E-state index is 0.0352. The zero-order valence-electron chi connectivity index (χ0n) is 20.3. The van der Waals surface area contributed by atoms with Gasteiger partial charge in [0.1, 0.15) is 11.6 Å². The maximum atomic E-state index is 13.3. The van der Waals surface area contributed by atoms with Gasteiger partial charge in [-0.1, -0.05) is 18.2 Å². The van der Waals surface area contributed by atoms with Crippen LogP contribution in [0.2, 0.25) is 0 Å². The van der Waals surface area contributed by atoms with Crippen molar-refractivity contribution < 1.29 is 41.0 Å². The molecule has 0 saturated carbocycles. The largest absolute Gasteiger partial charge is 0.421 e. The third-order valence-electron chi connectivity index (χ3n) is 6.29. The molecule has 0 fully saturated rings. The van der Waals surface area contributed by atoms with Crippen molar-refractivity contribution in [2.24, 2.45) is 0 Å². The highest BCUT2D eigenvalue weighted by atomic mass is 32.2. The third-order valence-corrected chi connectivity index (χ3v) is 7.40. The molecule has 2 aromatic carbocycles. The van der Waals surface area contributed by atoms with Gasteiger partial charge >= 0.3 is 6.18 Å². The number of ether oxygens (including phenoxy) is 1. The number of fused-ring (bicyclic) bond motifs is 1. The van der Waals surface area contributed by atoms with Crippen LogP contribution in [0, 0.1) is 0 Å². The Hall–Kier alpha value is -2.96. The number of carbonyl (C=O) groups excluding carboxylic acids is 2. The van der Waals surface area contributed by atoms with E-state index in [-0.39, 0.29) is 17.1 Å². The summed E-state index contributed by atoms with van der Waals surface area (Å²) in [6.07, 6.45) is -3.85. The number of anilines is 1. The summed E-state index contributed by atoms with van der Waals surface area (Å²) < 4.78 is 68.6. The van der Waals surface area contributed by atoms with Crippen molar-refractivity contribution >= 4 is 27.3 Å². The minimum Gasteiger partial charge on any atom is -0.376 e. The molecule has 0 aromatic heterocycles. The molecule has 1 heterocycles. The van der Waals surface area contributed by atoms with Crippen LogP contribution in [-0.4, -0.2) is 55.4 Å². The van der Waals surface area contributed by atoms with Gasteiger partial charge in [-0.3, -0.25) is 9.59 Å². The van der Waals surface area contributed by atoms with Gasteiger partial charge in [-0.25, -0.2) is 8.42 Å². The number of nitrogens with zero attached hydrogens (tertiary/aromatic N) is 1. The van der Waals surface area contributed by atoms with Crippen LogP contribution < -0.4 is 5.32 Å². The minimum atomic E-state index is -4.90. The van der Waals surface area contributed by atoms with Crippen LogP contribution in [0.3, 0.4) is 0 Å². The fourth-order valence-electron chi connectivity index (χ4n) is 3.82. The first-order valence-corrected chi connectivity index (χ1v) is 12.7. The Labute approximate surface area is 207 Å². The highest BCUT2D eigenvalue weighted by Crippen LogP contribution is 2.40. The van der Waals surface area contributed by atoms with Crippen molar-refractivity contribution in [2.75, 3.05) is 18.7 Å². The molecule has 0 spiro atoms. The van der Waals surface area contributed by atoms with Crippen LogP contribution in [0.4, 0.5) is 18.9 Å². The van der Waals surface area contributed by atoms with Gasteiger partial charge < -0.3 is 20.1 Å². The molecule has 1 aliphatic rings. The molecule has 0 radical (unpaired) electrons. The molecule has 2 N–H and O–H groups in total. The first kappa shape index (κ1) is 27.6. The summed E-state index contributed by atoms with van der Waals surface area (Å²) in [7, 11) is -2.19. The second-order valence-corrected chi connectivity index (χ2v) is 11.3. The van der Waals surface area contributed by atoms with Crippen molar-refractivity contribution in [3.8, 4) is 0 Å². The van der Waals surface area contributed by atoms with Crippen LogP contribution in [0.5, 0.6) is 0 Å². The van der Waals surface area contributed by atoms with Crippen LogP contribution in [-0.2, 0) is 36.3 Å². The summed E-state index contributed by atoms with van der Waals surface area (Å²) in [5, 5.41) is 12.4. The van der Waals surface area contributed by atoms with Gasteiger partial charge in [-0.2, -0.15) is 13.2 Å². The summed E-state index contributed by atoms with van der Waals surface area (Å²) in [6.45, 7) is 3.64. The van der Waals surface area contributed by atoms with Crippen molar-refractivity contribution in [3.05, 3.63) is 59.2 Å². The predicted octanol–water partition coefficient (Wildman–Crippen LogP) is 3.31. The Bertz CT molecular complexity index is 1290. The standard InChI is InChI=1S/C24H27F3N2O6S/c1-22(2,35-4)21(31)29-13-14-12-17(36(5,33)34)10-11-18(14)19(29)20(30)28-16-8-6-15(7-9-16)23(3,32)24(25,26)27/h6-12,19,32H,13H2,1-5H3,(H,28,30). The van der Waals surface area contributed by atoms with E-state index in [0.29, 0.717) is 18.1 Å². The number of alkyl halides is 3. The summed E-state index contributed by atoms with van der Waals surface area (Å²) in [5.74, 6) is -1.17. The number of hydrogen-bond acceptors (Lipinski definition) is 6. The quantitative estimate of drug-likeness (QED) is 0.595. The Morgan fingerprint density at radius 1 is 1.08 bits per heavy atom. The van der Waals surface area contributed by atoms with Crippen LogP contribution in [0.15, 0.2) is 47.4 Å². The number of hydrogen-bond donors (Lipinski definition) is 2. The van der Waals surface area contributed by atoms with E-state index in [2.05, 4.69) is 5.32 Å². The van der Waals surface area contributed by atoms with E-state index >= 15 is 0 Å². The zero-order valence-corrected chi connectivity index (χ0v) is 21.1. The Morgan fingerprint density at radius 2 is 1.67 bits per heavy atom. The van der Waals surface area contributed by atoms with Crippen molar-refractivity contribution in [2.45, 2.75) is 55.6 Å². The summed E-state index contributed by atoms with van der Waals surface area (Å²) in [4.78, 5) is 27.9. The highest BCUT2D eigenvalue weighted by molar-refractivity contribution is 7.90. The maximum absolute atomic E-state index is 13.3. The van der Waals surface area contributed by atoms with E-state index < -0.39 is 50.6 Å². The lowest BCUT2D eigenvalue weighted by atomic mass is 9.95. The van der Waals surface area contributed by atoms with Gasteiger partial charge in [0.2, 0.25) is 0 Å². The molecular weight excluding hydrogens is 501 g/mol. The number of aliphatic hydroxyl groups is 1. The van der Waals surface area contributed by atoms with Crippen molar-refractivity contribution in [3.63, 3.8) is 0 Å². The average Bonchev–Trinajstić information content (AvgIpc) is 3.16. The molecule has 12 heteroatoms. The third kappa shape index (κ3) is 5.11. The van der Waals surface area contributed by atoms with Gasteiger partial charge in [0.05, 0.1) is 4.90 Å². The second kappa shape index (κ2) is 9.16. The monoisotopic (exact) mass is 528 g/mol.